The highest BCUT2D eigenvalue weighted by atomic mass is 16.5. The van der Waals surface area contributed by atoms with E-state index < -0.39 is 0 Å². The highest BCUT2D eigenvalue weighted by Crippen LogP contribution is 2.31. The third-order valence-electron chi connectivity index (χ3n) is 4.76. The number of carbonyl (C=O) groups excluding carboxylic acids is 1. The van der Waals surface area contributed by atoms with E-state index in [0.717, 1.165) is 38.3 Å². The number of aromatic nitrogens is 2. The van der Waals surface area contributed by atoms with Gasteiger partial charge in [0.25, 0.3) is 0 Å². The Morgan fingerprint density at radius 3 is 2.70 bits per heavy atom. The Morgan fingerprint density at radius 1 is 1.30 bits per heavy atom. The predicted molar refractivity (Wildman–Crippen MR) is 89.4 cm³/mol. The smallest absolute Gasteiger partial charge is 0.226 e. The summed E-state index contributed by atoms with van der Waals surface area (Å²) in [5.74, 6) is 0.905. The van der Waals surface area contributed by atoms with Gasteiger partial charge in [-0.05, 0) is 26.7 Å². The normalized spacial score (nSPS) is 26.5. The molecule has 2 heterocycles. The first kappa shape index (κ1) is 16.5. The van der Waals surface area contributed by atoms with E-state index in [2.05, 4.69) is 29.2 Å². The fraction of sp³-hybridized carbons (Fsp3) is 0.765. The van der Waals surface area contributed by atoms with Crippen LogP contribution in [-0.2, 0) is 9.53 Å². The van der Waals surface area contributed by atoms with Gasteiger partial charge in [0, 0.05) is 32.1 Å². The van der Waals surface area contributed by atoms with E-state index in [-0.39, 0.29) is 18.1 Å². The van der Waals surface area contributed by atoms with E-state index in [9.17, 15) is 4.79 Å². The van der Waals surface area contributed by atoms with Crippen LogP contribution in [-0.4, -0.2) is 52.4 Å². The molecule has 3 rings (SSSR count). The van der Waals surface area contributed by atoms with E-state index in [0.29, 0.717) is 12.5 Å². The molecule has 0 bridgehead atoms. The molecule has 1 aliphatic carbocycles. The Hall–Kier alpha value is -1.40. The second-order valence-electron chi connectivity index (χ2n) is 6.91. The van der Waals surface area contributed by atoms with Crippen molar-refractivity contribution in [2.75, 3.05) is 25.0 Å². The van der Waals surface area contributed by atoms with Crippen LogP contribution in [0.1, 0.15) is 52.0 Å². The molecule has 2 atom stereocenters. The molecule has 6 heteroatoms. The number of hydrogen-bond acceptors (Lipinski definition) is 4. The van der Waals surface area contributed by atoms with E-state index >= 15 is 0 Å². The third-order valence-corrected chi connectivity index (χ3v) is 4.76. The van der Waals surface area contributed by atoms with Gasteiger partial charge >= 0.3 is 0 Å². The van der Waals surface area contributed by atoms with Crippen LogP contribution >= 0.6 is 0 Å². The maximum atomic E-state index is 12.3. The fourth-order valence-corrected chi connectivity index (χ4v) is 3.79. The van der Waals surface area contributed by atoms with Crippen LogP contribution in [0.4, 0.5) is 5.82 Å². The first-order valence-electron chi connectivity index (χ1n) is 8.83. The van der Waals surface area contributed by atoms with Crippen LogP contribution in [0.25, 0.3) is 0 Å². The first-order valence-corrected chi connectivity index (χ1v) is 8.83. The monoisotopic (exact) mass is 320 g/mol. The zero-order valence-electron chi connectivity index (χ0n) is 14.2. The lowest BCUT2D eigenvalue weighted by Gasteiger charge is -2.35. The van der Waals surface area contributed by atoms with Crippen molar-refractivity contribution < 1.29 is 9.53 Å². The van der Waals surface area contributed by atoms with Crippen molar-refractivity contribution in [3.63, 3.8) is 0 Å². The van der Waals surface area contributed by atoms with Crippen molar-refractivity contribution in [3.05, 3.63) is 12.3 Å². The molecule has 0 radical (unpaired) electrons. The summed E-state index contributed by atoms with van der Waals surface area (Å²) in [6.07, 6.45) is 7.60. The Labute approximate surface area is 138 Å². The molecular weight excluding hydrogens is 292 g/mol. The van der Waals surface area contributed by atoms with Crippen LogP contribution < -0.4 is 5.32 Å². The SMILES string of the molecule is C[C@H]1CN(CCC(=O)Nc2ccnn2C2CCCC2)C[C@H](C)O1. The molecule has 23 heavy (non-hydrogen) atoms. The lowest BCUT2D eigenvalue weighted by atomic mass is 10.2. The van der Waals surface area contributed by atoms with Gasteiger partial charge in [-0.25, -0.2) is 4.68 Å². The number of rotatable bonds is 5. The Morgan fingerprint density at radius 2 is 2.00 bits per heavy atom. The van der Waals surface area contributed by atoms with Crippen molar-refractivity contribution >= 4 is 11.7 Å². The zero-order valence-corrected chi connectivity index (χ0v) is 14.2. The molecular formula is C17H28N4O2. The molecule has 1 amide bonds. The summed E-state index contributed by atoms with van der Waals surface area (Å²) >= 11 is 0. The van der Waals surface area contributed by atoms with Gasteiger partial charge in [-0.1, -0.05) is 12.8 Å². The number of ether oxygens (including phenoxy) is 1. The molecule has 1 aromatic heterocycles. The van der Waals surface area contributed by atoms with Gasteiger partial charge in [0.2, 0.25) is 5.91 Å². The minimum atomic E-state index is 0.0662. The van der Waals surface area contributed by atoms with Crippen molar-refractivity contribution in [1.29, 1.82) is 0 Å². The molecule has 1 N–H and O–H groups in total. The van der Waals surface area contributed by atoms with Gasteiger partial charge in [0.05, 0.1) is 24.4 Å². The van der Waals surface area contributed by atoms with Crippen LogP contribution in [0.5, 0.6) is 0 Å². The van der Waals surface area contributed by atoms with Crippen LogP contribution in [0.3, 0.4) is 0 Å². The van der Waals surface area contributed by atoms with Gasteiger partial charge in [0.15, 0.2) is 0 Å². The van der Waals surface area contributed by atoms with Crippen LogP contribution in [0.2, 0.25) is 0 Å². The molecule has 2 aliphatic rings. The summed E-state index contributed by atoms with van der Waals surface area (Å²) in [6.45, 7) is 6.75. The van der Waals surface area contributed by atoms with E-state index in [1.54, 1.807) is 6.20 Å². The number of nitrogens with one attached hydrogen (secondary N) is 1. The summed E-state index contributed by atoms with van der Waals surface area (Å²) < 4.78 is 7.72. The summed E-state index contributed by atoms with van der Waals surface area (Å²) in [4.78, 5) is 14.6. The summed E-state index contributed by atoms with van der Waals surface area (Å²) in [7, 11) is 0. The van der Waals surface area contributed by atoms with Crippen LogP contribution in [0, 0.1) is 0 Å². The molecule has 1 aromatic rings. The average molecular weight is 320 g/mol. The highest BCUT2D eigenvalue weighted by molar-refractivity contribution is 5.89. The van der Waals surface area contributed by atoms with E-state index in [4.69, 9.17) is 4.74 Å². The van der Waals surface area contributed by atoms with E-state index in [1.165, 1.54) is 12.8 Å². The molecule has 1 aliphatic heterocycles. The van der Waals surface area contributed by atoms with Gasteiger partial charge in [0.1, 0.15) is 5.82 Å². The lowest BCUT2D eigenvalue weighted by Crippen LogP contribution is -2.46. The molecule has 0 aromatic carbocycles. The highest BCUT2D eigenvalue weighted by Gasteiger charge is 2.23. The first-order chi connectivity index (χ1) is 11.1. The molecule has 1 saturated carbocycles. The van der Waals surface area contributed by atoms with Crippen molar-refractivity contribution in [2.24, 2.45) is 0 Å². The topological polar surface area (TPSA) is 59.4 Å². The predicted octanol–water partition coefficient (Wildman–Crippen LogP) is 2.44. The molecule has 2 fully saturated rings. The minimum absolute atomic E-state index is 0.0662. The molecule has 0 unspecified atom stereocenters. The summed E-state index contributed by atoms with van der Waals surface area (Å²) in [6, 6.07) is 2.34. The van der Waals surface area contributed by atoms with Crippen molar-refractivity contribution in [1.82, 2.24) is 14.7 Å². The van der Waals surface area contributed by atoms with Gasteiger partial charge in [-0.15, -0.1) is 0 Å². The Bertz CT molecular complexity index is 514. The van der Waals surface area contributed by atoms with Gasteiger partial charge in [-0.3, -0.25) is 9.69 Å². The largest absolute Gasteiger partial charge is 0.373 e. The number of hydrogen-bond donors (Lipinski definition) is 1. The molecule has 1 saturated heterocycles. The van der Waals surface area contributed by atoms with Crippen LogP contribution in [0.15, 0.2) is 12.3 Å². The number of morpholine rings is 1. The summed E-state index contributed by atoms with van der Waals surface area (Å²) in [5.41, 5.74) is 0. The minimum Gasteiger partial charge on any atom is -0.373 e. The zero-order chi connectivity index (χ0) is 16.2. The number of anilines is 1. The number of amides is 1. The van der Waals surface area contributed by atoms with Gasteiger partial charge in [-0.2, -0.15) is 5.10 Å². The second kappa shape index (κ2) is 7.45. The van der Waals surface area contributed by atoms with Crippen molar-refractivity contribution in [3.8, 4) is 0 Å². The Kier molecular flexibility index (Phi) is 5.33. The average Bonchev–Trinajstić information content (AvgIpc) is 3.14. The van der Waals surface area contributed by atoms with Gasteiger partial charge < -0.3 is 10.1 Å². The Balaban J connectivity index is 1.49. The van der Waals surface area contributed by atoms with Crippen molar-refractivity contribution in [2.45, 2.75) is 64.2 Å². The van der Waals surface area contributed by atoms with E-state index in [1.807, 2.05) is 10.7 Å². The molecule has 128 valence electrons. The number of carbonyl (C=O) groups is 1. The third kappa shape index (κ3) is 4.32. The molecule has 0 spiro atoms. The number of nitrogens with zero attached hydrogens (tertiary/aromatic N) is 3. The maximum Gasteiger partial charge on any atom is 0.226 e. The summed E-state index contributed by atoms with van der Waals surface area (Å²) in [5, 5.41) is 7.43. The lowest BCUT2D eigenvalue weighted by molar-refractivity contribution is -0.117. The standard InChI is InChI=1S/C17H28N4O2/c1-13-11-20(12-14(2)23-13)10-8-17(22)19-16-7-9-18-21(16)15-5-3-4-6-15/h7,9,13-15H,3-6,8,10-12H2,1-2H3,(H,19,22)/t13-,14-/m0/s1. The quantitative estimate of drug-likeness (QED) is 0.905. The second-order valence-corrected chi connectivity index (χ2v) is 6.91. The molecule has 6 nitrogen and oxygen atoms in total. The maximum absolute atomic E-state index is 12.3. The fourth-order valence-electron chi connectivity index (χ4n) is 3.79.